The molecule has 1 N–H and O–H groups in total. The number of carbonyl (C=O) groups excluding carboxylic acids is 1. The molecule has 0 bridgehead atoms. The zero-order valence-corrected chi connectivity index (χ0v) is 15.5. The molecule has 4 rings (SSSR count). The Bertz CT molecular complexity index is 737. The lowest BCUT2D eigenvalue weighted by molar-refractivity contribution is -0.119. The number of aryl methyl sites for hydroxylation is 2. The number of nitrogens with zero attached hydrogens (tertiary/aromatic N) is 2. The van der Waals surface area contributed by atoms with Crippen LogP contribution in [0, 0.1) is 0 Å². The maximum absolute atomic E-state index is 12.3. The Kier molecular flexibility index (Phi) is 5.03. The number of fused-ring (bicyclic) bond motifs is 3. The SMILES string of the molecule is O=C(CSc1ncnc2sc3c(c12)CCCC3)NC1CCCCC1. The fraction of sp³-hybridized carbons (Fsp3) is 0.611. The van der Waals surface area contributed by atoms with Crippen LogP contribution in [0.4, 0.5) is 0 Å². The average Bonchev–Trinajstić information content (AvgIpc) is 3.00. The molecule has 2 aliphatic rings. The van der Waals surface area contributed by atoms with E-state index < -0.39 is 0 Å². The summed E-state index contributed by atoms with van der Waals surface area (Å²) >= 11 is 3.38. The Labute approximate surface area is 150 Å². The van der Waals surface area contributed by atoms with Gasteiger partial charge >= 0.3 is 0 Å². The number of thiophene rings is 1. The first kappa shape index (κ1) is 16.3. The fourth-order valence-electron chi connectivity index (χ4n) is 3.82. The summed E-state index contributed by atoms with van der Waals surface area (Å²) in [5.74, 6) is 0.593. The lowest BCUT2D eigenvalue weighted by Gasteiger charge is -2.22. The van der Waals surface area contributed by atoms with E-state index in [1.165, 1.54) is 54.4 Å². The molecule has 0 saturated heterocycles. The van der Waals surface area contributed by atoms with E-state index in [4.69, 9.17) is 0 Å². The van der Waals surface area contributed by atoms with Crippen molar-refractivity contribution in [2.45, 2.75) is 68.9 Å². The minimum Gasteiger partial charge on any atom is -0.353 e. The molecule has 0 radical (unpaired) electrons. The number of rotatable bonds is 4. The van der Waals surface area contributed by atoms with Gasteiger partial charge in [-0.3, -0.25) is 4.79 Å². The third-order valence-electron chi connectivity index (χ3n) is 5.03. The molecule has 1 fully saturated rings. The molecule has 1 amide bonds. The summed E-state index contributed by atoms with van der Waals surface area (Å²) in [6.07, 6.45) is 12.5. The van der Waals surface area contributed by atoms with Crippen molar-refractivity contribution in [3.8, 4) is 0 Å². The summed E-state index contributed by atoms with van der Waals surface area (Å²) in [7, 11) is 0. The van der Waals surface area contributed by atoms with Gasteiger partial charge in [0.1, 0.15) is 16.2 Å². The van der Waals surface area contributed by atoms with Crippen LogP contribution in [0.15, 0.2) is 11.4 Å². The lowest BCUT2D eigenvalue weighted by atomic mass is 9.95. The topological polar surface area (TPSA) is 54.9 Å². The highest BCUT2D eigenvalue weighted by atomic mass is 32.2. The van der Waals surface area contributed by atoms with E-state index >= 15 is 0 Å². The number of aromatic nitrogens is 2. The molecular formula is C18H23N3OS2. The van der Waals surface area contributed by atoms with E-state index in [0.717, 1.165) is 29.1 Å². The van der Waals surface area contributed by atoms with Crippen molar-refractivity contribution in [2.75, 3.05) is 5.75 Å². The van der Waals surface area contributed by atoms with Crippen LogP contribution < -0.4 is 5.32 Å². The van der Waals surface area contributed by atoms with Gasteiger partial charge in [-0.15, -0.1) is 11.3 Å². The number of thioether (sulfide) groups is 1. The van der Waals surface area contributed by atoms with Crippen molar-refractivity contribution in [3.63, 3.8) is 0 Å². The first-order chi connectivity index (χ1) is 11.8. The number of nitrogens with one attached hydrogen (secondary N) is 1. The Morgan fingerprint density at radius 2 is 2.00 bits per heavy atom. The number of hydrogen-bond acceptors (Lipinski definition) is 5. The second kappa shape index (κ2) is 7.40. The summed E-state index contributed by atoms with van der Waals surface area (Å²) in [6, 6.07) is 0.381. The van der Waals surface area contributed by atoms with Crippen molar-refractivity contribution in [3.05, 3.63) is 16.8 Å². The Balaban J connectivity index is 1.46. The van der Waals surface area contributed by atoms with Crippen LogP contribution in [-0.4, -0.2) is 27.7 Å². The number of hydrogen-bond donors (Lipinski definition) is 1. The van der Waals surface area contributed by atoms with Crippen LogP contribution in [0.5, 0.6) is 0 Å². The van der Waals surface area contributed by atoms with E-state index in [1.807, 2.05) is 11.3 Å². The average molecular weight is 362 g/mol. The molecule has 128 valence electrons. The van der Waals surface area contributed by atoms with Gasteiger partial charge < -0.3 is 5.32 Å². The van der Waals surface area contributed by atoms with Gasteiger partial charge in [0.05, 0.1) is 5.75 Å². The predicted molar refractivity (Wildman–Crippen MR) is 99.8 cm³/mol. The molecule has 6 heteroatoms. The van der Waals surface area contributed by atoms with Crippen LogP contribution >= 0.6 is 23.1 Å². The normalized spacial score (nSPS) is 18.5. The van der Waals surface area contributed by atoms with Gasteiger partial charge in [-0.2, -0.15) is 0 Å². The highest BCUT2D eigenvalue weighted by molar-refractivity contribution is 8.00. The monoisotopic (exact) mass is 361 g/mol. The van der Waals surface area contributed by atoms with Crippen LogP contribution in [0.3, 0.4) is 0 Å². The largest absolute Gasteiger partial charge is 0.353 e. The summed E-state index contributed by atoms with van der Waals surface area (Å²) in [5.41, 5.74) is 1.44. The molecular weight excluding hydrogens is 338 g/mol. The molecule has 24 heavy (non-hydrogen) atoms. The molecule has 2 aromatic heterocycles. The van der Waals surface area contributed by atoms with Gasteiger partial charge in [0.15, 0.2) is 0 Å². The molecule has 2 aliphatic carbocycles. The second-order valence-electron chi connectivity index (χ2n) is 6.76. The zero-order valence-electron chi connectivity index (χ0n) is 13.8. The van der Waals surface area contributed by atoms with Crippen molar-refractivity contribution in [2.24, 2.45) is 0 Å². The predicted octanol–water partition coefficient (Wildman–Crippen LogP) is 4.11. The number of amides is 1. The lowest BCUT2D eigenvalue weighted by Crippen LogP contribution is -2.37. The quantitative estimate of drug-likeness (QED) is 0.658. The molecule has 0 aliphatic heterocycles. The molecule has 2 heterocycles. The zero-order chi connectivity index (χ0) is 16.4. The molecule has 4 nitrogen and oxygen atoms in total. The molecule has 0 spiro atoms. The summed E-state index contributed by atoms with van der Waals surface area (Å²) < 4.78 is 0. The third-order valence-corrected chi connectivity index (χ3v) is 7.22. The van der Waals surface area contributed by atoms with Crippen molar-refractivity contribution in [1.29, 1.82) is 0 Å². The van der Waals surface area contributed by atoms with E-state index in [1.54, 1.807) is 18.1 Å². The van der Waals surface area contributed by atoms with Crippen LogP contribution in [0.25, 0.3) is 10.2 Å². The molecule has 0 atom stereocenters. The van der Waals surface area contributed by atoms with Crippen LogP contribution in [-0.2, 0) is 17.6 Å². The molecule has 0 aromatic carbocycles. The summed E-state index contributed by atoms with van der Waals surface area (Å²) in [6.45, 7) is 0. The van der Waals surface area contributed by atoms with Gasteiger partial charge in [-0.1, -0.05) is 31.0 Å². The van der Waals surface area contributed by atoms with Gasteiger partial charge in [0, 0.05) is 16.3 Å². The minimum absolute atomic E-state index is 0.141. The van der Waals surface area contributed by atoms with Gasteiger partial charge in [0.25, 0.3) is 0 Å². The standard InChI is InChI=1S/C18H23N3OS2/c22-15(21-12-6-2-1-3-7-12)10-23-17-16-13-8-4-5-9-14(13)24-18(16)20-11-19-17/h11-12H,1-10H2,(H,21,22). The van der Waals surface area contributed by atoms with Crippen LogP contribution in [0.2, 0.25) is 0 Å². The fourth-order valence-corrected chi connectivity index (χ4v) is 5.95. The Morgan fingerprint density at radius 3 is 2.88 bits per heavy atom. The van der Waals surface area contributed by atoms with Gasteiger partial charge in [-0.05, 0) is 44.1 Å². The minimum atomic E-state index is 0.141. The Hall–Kier alpha value is -1.14. The van der Waals surface area contributed by atoms with E-state index in [9.17, 15) is 4.79 Å². The van der Waals surface area contributed by atoms with Gasteiger partial charge in [0.2, 0.25) is 5.91 Å². The van der Waals surface area contributed by atoms with Crippen LogP contribution in [0.1, 0.15) is 55.4 Å². The second-order valence-corrected chi connectivity index (χ2v) is 8.81. The van der Waals surface area contributed by atoms with E-state index in [2.05, 4.69) is 15.3 Å². The number of carbonyl (C=O) groups is 1. The maximum Gasteiger partial charge on any atom is 0.230 e. The van der Waals surface area contributed by atoms with Crippen molar-refractivity contribution in [1.82, 2.24) is 15.3 Å². The first-order valence-electron chi connectivity index (χ1n) is 8.98. The smallest absolute Gasteiger partial charge is 0.230 e. The Morgan fingerprint density at radius 1 is 1.17 bits per heavy atom. The van der Waals surface area contributed by atoms with Gasteiger partial charge in [-0.25, -0.2) is 9.97 Å². The van der Waals surface area contributed by atoms with Crippen molar-refractivity contribution < 1.29 is 4.79 Å². The van der Waals surface area contributed by atoms with Crippen molar-refractivity contribution >= 4 is 39.2 Å². The summed E-state index contributed by atoms with van der Waals surface area (Å²) in [4.78, 5) is 23.8. The van der Waals surface area contributed by atoms with E-state index in [-0.39, 0.29) is 5.91 Å². The van der Waals surface area contributed by atoms with E-state index in [0.29, 0.717) is 11.8 Å². The first-order valence-corrected chi connectivity index (χ1v) is 10.8. The highest BCUT2D eigenvalue weighted by Gasteiger charge is 2.21. The maximum atomic E-state index is 12.3. The molecule has 0 unspecified atom stereocenters. The summed E-state index contributed by atoms with van der Waals surface area (Å²) in [5, 5.41) is 5.39. The molecule has 1 saturated carbocycles. The molecule has 2 aromatic rings. The highest BCUT2D eigenvalue weighted by Crippen LogP contribution is 2.39. The third kappa shape index (κ3) is 3.45.